The first-order valence-corrected chi connectivity index (χ1v) is 4.73. The van der Waals surface area contributed by atoms with Crippen LogP contribution in [0.25, 0.3) is 0 Å². The Balaban J connectivity index is 2.25. The van der Waals surface area contributed by atoms with Gasteiger partial charge in [-0.2, -0.15) is 8.78 Å². The van der Waals surface area contributed by atoms with Crippen LogP contribution < -0.4 is 5.32 Å². The number of halogens is 4. The normalized spacial score (nSPS) is 11.8. The average molecular weight is 254 g/mol. The third kappa shape index (κ3) is 3.68. The summed E-state index contributed by atoms with van der Waals surface area (Å²) in [7, 11) is 0. The summed E-state index contributed by atoms with van der Waals surface area (Å²) in [5.41, 5.74) is 0. The maximum Gasteiger partial charge on any atom is 0.383 e. The van der Waals surface area contributed by atoms with Crippen molar-refractivity contribution in [2.24, 2.45) is 0 Å². The number of nitrogens with zero attached hydrogens (tertiary/aromatic N) is 3. The Morgan fingerprint density at radius 1 is 1.47 bits per heavy atom. The van der Waals surface area contributed by atoms with E-state index in [2.05, 4.69) is 10.3 Å². The molecule has 0 unspecified atom stereocenters. The van der Waals surface area contributed by atoms with Gasteiger partial charge in [-0.1, -0.05) is 5.21 Å². The average Bonchev–Trinajstić information content (AvgIpc) is 2.76. The zero-order valence-electron chi connectivity index (χ0n) is 8.62. The van der Waals surface area contributed by atoms with E-state index >= 15 is 0 Å². The number of aromatic nitrogens is 3. The Bertz CT molecular complexity index is 354. The van der Waals surface area contributed by atoms with Crippen LogP contribution in [0.1, 0.15) is 6.42 Å². The molecule has 0 bridgehead atoms. The number of carbonyl (C=O) groups is 1. The van der Waals surface area contributed by atoms with E-state index in [1.54, 1.807) is 11.5 Å². The third-order valence-corrected chi connectivity index (χ3v) is 1.90. The molecule has 1 heterocycles. The van der Waals surface area contributed by atoms with Crippen molar-refractivity contribution in [3.05, 3.63) is 12.4 Å². The van der Waals surface area contributed by atoms with E-state index in [1.165, 1.54) is 10.9 Å². The Morgan fingerprint density at radius 2 is 2.18 bits per heavy atom. The van der Waals surface area contributed by atoms with Crippen LogP contribution in [0.2, 0.25) is 0 Å². The van der Waals surface area contributed by atoms with Crippen molar-refractivity contribution in [2.45, 2.75) is 25.3 Å². The SMILES string of the molecule is O=C(NCCCn1ccnn1)C(F)(F)C(F)F. The van der Waals surface area contributed by atoms with E-state index in [4.69, 9.17) is 0 Å². The minimum atomic E-state index is -4.65. The van der Waals surface area contributed by atoms with Gasteiger partial charge in [0.25, 0.3) is 5.91 Å². The molecule has 0 aliphatic heterocycles. The summed E-state index contributed by atoms with van der Waals surface area (Å²) in [6, 6.07) is 0. The van der Waals surface area contributed by atoms with Crippen LogP contribution in [0.5, 0.6) is 0 Å². The van der Waals surface area contributed by atoms with Gasteiger partial charge in [0.05, 0.1) is 6.20 Å². The van der Waals surface area contributed by atoms with Crippen LogP contribution >= 0.6 is 0 Å². The molecule has 0 fully saturated rings. The quantitative estimate of drug-likeness (QED) is 0.600. The molecule has 0 spiro atoms. The van der Waals surface area contributed by atoms with Crippen LogP contribution in [0, 0.1) is 0 Å². The molecule has 17 heavy (non-hydrogen) atoms. The molecule has 0 saturated heterocycles. The highest BCUT2D eigenvalue weighted by atomic mass is 19.3. The number of hydrogen-bond donors (Lipinski definition) is 1. The summed E-state index contributed by atoms with van der Waals surface area (Å²) in [4.78, 5) is 10.7. The maximum atomic E-state index is 12.5. The van der Waals surface area contributed by atoms with E-state index in [9.17, 15) is 22.4 Å². The molecule has 96 valence electrons. The molecule has 0 saturated carbocycles. The van der Waals surface area contributed by atoms with Gasteiger partial charge < -0.3 is 5.32 Å². The highest BCUT2D eigenvalue weighted by molar-refractivity contribution is 5.83. The predicted molar refractivity (Wildman–Crippen MR) is 48.6 cm³/mol. The van der Waals surface area contributed by atoms with Crippen LogP contribution in [0.15, 0.2) is 12.4 Å². The molecule has 0 atom stereocenters. The molecule has 5 nitrogen and oxygen atoms in total. The Morgan fingerprint density at radius 3 is 2.71 bits per heavy atom. The first-order chi connectivity index (χ1) is 7.94. The second kappa shape index (κ2) is 5.60. The van der Waals surface area contributed by atoms with Gasteiger partial charge >= 0.3 is 12.3 Å². The second-order valence-corrected chi connectivity index (χ2v) is 3.20. The monoisotopic (exact) mass is 254 g/mol. The van der Waals surface area contributed by atoms with Crippen LogP contribution in [-0.4, -0.2) is 39.8 Å². The van der Waals surface area contributed by atoms with Gasteiger partial charge in [-0.25, -0.2) is 8.78 Å². The Hall–Kier alpha value is -1.67. The molecule has 0 aromatic carbocycles. The molecule has 1 aromatic rings. The van der Waals surface area contributed by atoms with Crippen LogP contribution in [-0.2, 0) is 11.3 Å². The van der Waals surface area contributed by atoms with E-state index in [-0.39, 0.29) is 13.0 Å². The summed E-state index contributed by atoms with van der Waals surface area (Å²) in [6.07, 6.45) is -0.731. The summed E-state index contributed by atoms with van der Waals surface area (Å²) >= 11 is 0. The lowest BCUT2D eigenvalue weighted by atomic mass is 10.3. The first kappa shape index (κ1) is 13.4. The number of carbonyl (C=O) groups excluding carboxylic acids is 1. The minimum Gasteiger partial charge on any atom is -0.351 e. The van der Waals surface area contributed by atoms with Crippen molar-refractivity contribution in [2.75, 3.05) is 6.54 Å². The van der Waals surface area contributed by atoms with Gasteiger partial charge in [0.15, 0.2) is 0 Å². The number of hydrogen-bond acceptors (Lipinski definition) is 3. The minimum absolute atomic E-state index is 0.138. The second-order valence-electron chi connectivity index (χ2n) is 3.20. The van der Waals surface area contributed by atoms with E-state index in [1.807, 2.05) is 0 Å². The van der Waals surface area contributed by atoms with Crippen molar-refractivity contribution < 1.29 is 22.4 Å². The molecule has 1 aromatic heterocycles. The summed E-state index contributed by atoms with van der Waals surface area (Å²) in [6.45, 7) is 0.210. The fourth-order valence-corrected chi connectivity index (χ4v) is 1.01. The smallest absolute Gasteiger partial charge is 0.351 e. The number of nitrogens with one attached hydrogen (secondary N) is 1. The lowest BCUT2D eigenvalue weighted by Gasteiger charge is -2.14. The molecule has 1 N–H and O–H groups in total. The number of alkyl halides is 4. The Kier molecular flexibility index (Phi) is 4.41. The maximum absolute atomic E-state index is 12.5. The molecule has 0 aliphatic carbocycles. The fraction of sp³-hybridized carbons (Fsp3) is 0.625. The highest BCUT2D eigenvalue weighted by Crippen LogP contribution is 2.22. The topological polar surface area (TPSA) is 59.8 Å². The molecule has 0 radical (unpaired) electrons. The van der Waals surface area contributed by atoms with Gasteiger partial charge in [-0.05, 0) is 6.42 Å². The van der Waals surface area contributed by atoms with E-state index < -0.39 is 18.3 Å². The lowest BCUT2D eigenvalue weighted by Crippen LogP contribution is -2.45. The van der Waals surface area contributed by atoms with Gasteiger partial charge in [-0.15, -0.1) is 5.10 Å². The summed E-state index contributed by atoms with van der Waals surface area (Å²) in [5, 5.41) is 8.84. The largest absolute Gasteiger partial charge is 0.383 e. The molecule has 0 aliphatic rings. The van der Waals surface area contributed by atoms with Gasteiger partial charge in [0.2, 0.25) is 0 Å². The van der Waals surface area contributed by atoms with Gasteiger partial charge in [0.1, 0.15) is 0 Å². The zero-order chi connectivity index (χ0) is 12.9. The lowest BCUT2D eigenvalue weighted by molar-refractivity contribution is -0.169. The van der Waals surface area contributed by atoms with E-state index in [0.29, 0.717) is 6.54 Å². The Labute approximate surface area is 93.8 Å². The number of rotatable bonds is 6. The molecule has 1 amide bonds. The molecular weight excluding hydrogens is 244 g/mol. The van der Waals surface area contributed by atoms with E-state index in [0.717, 1.165) is 0 Å². The van der Waals surface area contributed by atoms with Crippen molar-refractivity contribution in [3.8, 4) is 0 Å². The van der Waals surface area contributed by atoms with Gasteiger partial charge in [-0.3, -0.25) is 9.48 Å². The van der Waals surface area contributed by atoms with Crippen molar-refractivity contribution in [1.82, 2.24) is 20.3 Å². The summed E-state index contributed by atoms with van der Waals surface area (Å²) in [5.74, 6) is -6.61. The molecule has 1 rings (SSSR count). The zero-order valence-corrected chi connectivity index (χ0v) is 8.62. The summed E-state index contributed by atoms with van der Waals surface area (Å²) < 4.78 is 49.9. The van der Waals surface area contributed by atoms with Gasteiger partial charge in [0, 0.05) is 19.3 Å². The number of aryl methyl sites for hydroxylation is 1. The van der Waals surface area contributed by atoms with Crippen molar-refractivity contribution in [3.63, 3.8) is 0 Å². The number of amides is 1. The van der Waals surface area contributed by atoms with Crippen LogP contribution in [0.3, 0.4) is 0 Å². The van der Waals surface area contributed by atoms with Crippen molar-refractivity contribution in [1.29, 1.82) is 0 Å². The first-order valence-electron chi connectivity index (χ1n) is 4.73. The fourth-order valence-electron chi connectivity index (χ4n) is 1.01. The predicted octanol–water partition coefficient (Wildman–Crippen LogP) is 0.685. The highest BCUT2D eigenvalue weighted by Gasteiger charge is 2.48. The molecule has 9 heteroatoms. The molecular formula is C8H10F4N4O. The standard InChI is InChI=1S/C8H10F4N4O/c9-6(10)8(11,12)7(17)13-2-1-4-16-5-3-14-15-16/h3,5-6H,1-2,4H2,(H,13,17). The van der Waals surface area contributed by atoms with Crippen LogP contribution in [0.4, 0.5) is 17.6 Å². The third-order valence-electron chi connectivity index (χ3n) is 1.90. The van der Waals surface area contributed by atoms with Crippen molar-refractivity contribution >= 4 is 5.91 Å².